The van der Waals surface area contributed by atoms with E-state index in [1.165, 1.54) is 18.4 Å². The Kier molecular flexibility index (Phi) is 4.14. The van der Waals surface area contributed by atoms with Gasteiger partial charge in [-0.1, -0.05) is 17.7 Å². The molecule has 1 aliphatic carbocycles. The minimum Gasteiger partial charge on any atom is -0.381 e. The number of benzene rings is 1. The van der Waals surface area contributed by atoms with Crippen molar-refractivity contribution < 1.29 is 4.74 Å². The van der Waals surface area contributed by atoms with E-state index < -0.39 is 0 Å². The average molecular weight is 332 g/mol. The smallest absolute Gasteiger partial charge is 0.0660 e. The largest absolute Gasteiger partial charge is 0.381 e. The fourth-order valence-corrected chi connectivity index (χ4v) is 4.43. The third-order valence-electron chi connectivity index (χ3n) is 5.21. The molecule has 1 aromatic carbocycles. The second-order valence-electron chi connectivity index (χ2n) is 6.76. The van der Waals surface area contributed by atoms with Crippen molar-refractivity contribution in [1.29, 1.82) is 0 Å². The molecule has 0 spiro atoms. The van der Waals surface area contributed by atoms with Crippen molar-refractivity contribution in [3.05, 3.63) is 47.2 Å². The summed E-state index contributed by atoms with van der Waals surface area (Å²) in [7, 11) is 1.86. The number of ether oxygens (including phenoxy) is 1. The maximum atomic E-state index is 6.06. The topological polar surface area (TPSA) is 30.3 Å². The van der Waals surface area contributed by atoms with Gasteiger partial charge in [-0.2, -0.15) is 5.10 Å². The minimum atomic E-state index is 0.473. The maximum absolute atomic E-state index is 6.06. The van der Waals surface area contributed by atoms with Crippen LogP contribution >= 0.6 is 11.6 Å². The van der Waals surface area contributed by atoms with E-state index in [9.17, 15) is 0 Å². The normalized spacial score (nSPS) is 27.5. The van der Waals surface area contributed by atoms with Gasteiger partial charge in [0, 0.05) is 43.5 Å². The molecule has 1 saturated carbocycles. The molecule has 3 atom stereocenters. The van der Waals surface area contributed by atoms with E-state index in [4.69, 9.17) is 16.3 Å². The van der Waals surface area contributed by atoms with Crippen molar-refractivity contribution in [3.8, 4) is 5.69 Å². The first-order chi connectivity index (χ1) is 11.2. The van der Waals surface area contributed by atoms with Crippen LogP contribution in [0.3, 0.4) is 0 Å². The molecule has 4 rings (SSSR count). The first-order valence-corrected chi connectivity index (χ1v) is 8.65. The van der Waals surface area contributed by atoms with Gasteiger partial charge in [0.05, 0.1) is 18.0 Å². The molecule has 2 aromatic rings. The van der Waals surface area contributed by atoms with Crippen molar-refractivity contribution in [2.75, 3.05) is 20.2 Å². The van der Waals surface area contributed by atoms with Gasteiger partial charge in [-0.25, -0.2) is 4.68 Å². The summed E-state index contributed by atoms with van der Waals surface area (Å²) in [6, 6.07) is 7.78. The standard InChI is InChI=1S/C18H22ClN3O/c1-23-18-14-5-6-15(18)12-21(11-14)9-13-8-20-22(10-13)17-4-2-3-16(19)7-17/h2-4,7-8,10,14-15,18H,5-6,9,11-12H2,1H3/t14-,15+,18?. The SMILES string of the molecule is COC1[C@@H]2CC[C@H]1CN(Cc1cnn(-c3cccc(Cl)c3)c1)C2. The van der Waals surface area contributed by atoms with E-state index in [1.807, 2.05) is 42.3 Å². The van der Waals surface area contributed by atoms with Gasteiger partial charge in [-0.15, -0.1) is 0 Å². The van der Waals surface area contributed by atoms with Crippen LogP contribution in [0.4, 0.5) is 0 Å². The molecule has 2 heterocycles. The molecule has 0 amide bonds. The van der Waals surface area contributed by atoms with Crippen LogP contribution in [0.25, 0.3) is 5.69 Å². The third kappa shape index (κ3) is 3.03. The molecule has 0 radical (unpaired) electrons. The van der Waals surface area contributed by atoms with Crippen molar-refractivity contribution in [1.82, 2.24) is 14.7 Å². The number of piperidine rings is 1. The number of nitrogens with zero attached hydrogens (tertiary/aromatic N) is 3. The van der Waals surface area contributed by atoms with Gasteiger partial charge in [0.15, 0.2) is 0 Å². The first kappa shape index (κ1) is 15.2. The Morgan fingerprint density at radius 1 is 1.26 bits per heavy atom. The summed E-state index contributed by atoms with van der Waals surface area (Å²) in [5, 5.41) is 5.22. The fraction of sp³-hybridized carbons (Fsp3) is 0.500. The number of fused-ring (bicyclic) bond motifs is 2. The predicted octanol–water partition coefficient (Wildman–Crippen LogP) is 3.38. The lowest BCUT2D eigenvalue weighted by Crippen LogP contribution is -2.44. The van der Waals surface area contributed by atoms with Gasteiger partial charge in [0.2, 0.25) is 0 Å². The lowest BCUT2D eigenvalue weighted by Gasteiger charge is -2.37. The number of hydrogen-bond acceptors (Lipinski definition) is 3. The van der Waals surface area contributed by atoms with Gasteiger partial charge < -0.3 is 4.74 Å². The van der Waals surface area contributed by atoms with Crippen LogP contribution < -0.4 is 0 Å². The quantitative estimate of drug-likeness (QED) is 0.860. The summed E-state index contributed by atoms with van der Waals surface area (Å²) in [6.07, 6.45) is 7.16. The highest BCUT2D eigenvalue weighted by molar-refractivity contribution is 6.30. The van der Waals surface area contributed by atoms with Crippen LogP contribution in [0.1, 0.15) is 18.4 Å². The Labute approximate surface area is 142 Å². The van der Waals surface area contributed by atoms with Crippen LogP contribution in [0.2, 0.25) is 5.02 Å². The monoisotopic (exact) mass is 331 g/mol. The van der Waals surface area contributed by atoms with E-state index >= 15 is 0 Å². The summed E-state index contributed by atoms with van der Waals surface area (Å²) in [4.78, 5) is 2.55. The van der Waals surface area contributed by atoms with Gasteiger partial charge in [0.1, 0.15) is 0 Å². The molecule has 4 nitrogen and oxygen atoms in total. The maximum Gasteiger partial charge on any atom is 0.0660 e. The summed E-state index contributed by atoms with van der Waals surface area (Å²) in [6.45, 7) is 3.23. The summed E-state index contributed by atoms with van der Waals surface area (Å²) >= 11 is 6.06. The fourth-order valence-electron chi connectivity index (χ4n) is 4.24. The van der Waals surface area contributed by atoms with Crippen LogP contribution in [0.15, 0.2) is 36.7 Å². The molecule has 1 aromatic heterocycles. The summed E-state index contributed by atoms with van der Waals surface area (Å²) < 4.78 is 7.59. The number of hydrogen-bond donors (Lipinski definition) is 0. The molecule has 2 bridgehead atoms. The molecule has 5 heteroatoms. The molecule has 0 N–H and O–H groups in total. The lowest BCUT2D eigenvalue weighted by atomic mass is 9.94. The molecule has 1 aliphatic heterocycles. The Morgan fingerprint density at radius 2 is 2.04 bits per heavy atom. The van der Waals surface area contributed by atoms with Crippen molar-refractivity contribution in [3.63, 3.8) is 0 Å². The van der Waals surface area contributed by atoms with Crippen molar-refractivity contribution in [2.24, 2.45) is 11.8 Å². The molecule has 23 heavy (non-hydrogen) atoms. The zero-order valence-corrected chi connectivity index (χ0v) is 14.1. The number of aromatic nitrogens is 2. The average Bonchev–Trinajstić information content (AvgIpc) is 3.10. The second-order valence-corrected chi connectivity index (χ2v) is 7.20. The zero-order valence-electron chi connectivity index (χ0n) is 13.4. The highest BCUT2D eigenvalue weighted by atomic mass is 35.5. The summed E-state index contributed by atoms with van der Waals surface area (Å²) in [5.41, 5.74) is 2.25. The lowest BCUT2D eigenvalue weighted by molar-refractivity contribution is -0.0180. The Morgan fingerprint density at radius 3 is 2.74 bits per heavy atom. The Balaban J connectivity index is 1.45. The van der Waals surface area contributed by atoms with E-state index in [0.29, 0.717) is 17.9 Å². The van der Waals surface area contributed by atoms with Crippen LogP contribution in [0, 0.1) is 11.8 Å². The number of methoxy groups -OCH3 is 1. The van der Waals surface area contributed by atoms with E-state index in [1.54, 1.807) is 0 Å². The molecular weight excluding hydrogens is 310 g/mol. The molecule has 2 fully saturated rings. The third-order valence-corrected chi connectivity index (χ3v) is 5.45. The molecule has 122 valence electrons. The Hall–Kier alpha value is -1.36. The van der Waals surface area contributed by atoms with E-state index in [2.05, 4.69) is 16.2 Å². The highest BCUT2D eigenvalue weighted by Crippen LogP contribution is 2.38. The predicted molar refractivity (Wildman–Crippen MR) is 90.9 cm³/mol. The van der Waals surface area contributed by atoms with Gasteiger partial charge in [-0.05, 0) is 42.9 Å². The zero-order chi connectivity index (χ0) is 15.8. The van der Waals surface area contributed by atoms with Crippen LogP contribution in [0.5, 0.6) is 0 Å². The van der Waals surface area contributed by atoms with E-state index in [0.717, 1.165) is 30.3 Å². The molecule has 1 unspecified atom stereocenters. The number of halogens is 1. The van der Waals surface area contributed by atoms with Crippen LogP contribution in [-0.4, -0.2) is 41.0 Å². The number of rotatable bonds is 4. The number of likely N-dealkylation sites (tertiary alicyclic amines) is 1. The van der Waals surface area contributed by atoms with Crippen molar-refractivity contribution >= 4 is 11.6 Å². The molecule has 2 aliphatic rings. The minimum absolute atomic E-state index is 0.473. The van der Waals surface area contributed by atoms with Gasteiger partial charge in [-0.3, -0.25) is 4.90 Å². The van der Waals surface area contributed by atoms with Crippen LogP contribution in [-0.2, 0) is 11.3 Å². The van der Waals surface area contributed by atoms with Crippen molar-refractivity contribution in [2.45, 2.75) is 25.5 Å². The highest BCUT2D eigenvalue weighted by Gasteiger charge is 2.41. The van der Waals surface area contributed by atoms with Gasteiger partial charge >= 0.3 is 0 Å². The molecule has 1 saturated heterocycles. The summed E-state index contributed by atoms with van der Waals surface area (Å²) in [5.74, 6) is 1.39. The van der Waals surface area contributed by atoms with E-state index in [-0.39, 0.29) is 0 Å². The molecular formula is C18H22ClN3O. The second kappa shape index (κ2) is 6.27. The Bertz CT molecular complexity index is 672. The first-order valence-electron chi connectivity index (χ1n) is 8.27. The van der Waals surface area contributed by atoms with Gasteiger partial charge in [0.25, 0.3) is 0 Å².